The summed E-state index contributed by atoms with van der Waals surface area (Å²) in [6, 6.07) is 13.7. The second kappa shape index (κ2) is 5.75. The second-order valence-corrected chi connectivity index (χ2v) is 5.68. The summed E-state index contributed by atoms with van der Waals surface area (Å²) in [6.07, 6.45) is 0. The Morgan fingerprint density at radius 2 is 1.63 bits per heavy atom. The van der Waals surface area contributed by atoms with Crippen molar-refractivity contribution in [2.75, 3.05) is 0 Å². The molecule has 0 bridgehead atoms. The van der Waals surface area contributed by atoms with Crippen molar-refractivity contribution >= 4 is 16.5 Å². The molecule has 98 valence electrons. The van der Waals surface area contributed by atoms with Crippen molar-refractivity contribution in [2.45, 2.75) is 17.6 Å². The van der Waals surface area contributed by atoms with Gasteiger partial charge in [-0.2, -0.15) is 0 Å². The molecule has 2 aromatic rings. The van der Waals surface area contributed by atoms with E-state index in [1.165, 1.54) is 12.1 Å². The number of hydrogen-bond donors (Lipinski definition) is 0. The zero-order valence-electron chi connectivity index (χ0n) is 10.4. The van der Waals surface area contributed by atoms with E-state index in [0.29, 0.717) is 5.75 Å². The molecule has 0 spiro atoms. The van der Waals surface area contributed by atoms with E-state index in [4.69, 9.17) is 0 Å². The minimum Gasteiger partial charge on any atom is -0.258 e. The van der Waals surface area contributed by atoms with Crippen LogP contribution < -0.4 is 0 Å². The van der Waals surface area contributed by atoms with Crippen LogP contribution in [0.25, 0.3) is 0 Å². The molecule has 0 aliphatic heterocycles. The number of nitro benzene ring substituents is 1. The van der Waals surface area contributed by atoms with Gasteiger partial charge >= 0.3 is 0 Å². The van der Waals surface area contributed by atoms with Gasteiger partial charge in [0.05, 0.1) is 21.5 Å². The van der Waals surface area contributed by atoms with Crippen LogP contribution in [0.4, 0.5) is 5.69 Å². The van der Waals surface area contributed by atoms with Crippen LogP contribution in [0.3, 0.4) is 0 Å². The second-order valence-electron chi connectivity index (χ2n) is 4.23. The minimum atomic E-state index is -1.13. The molecule has 0 radical (unpaired) electrons. The van der Waals surface area contributed by atoms with Crippen molar-refractivity contribution in [3.8, 4) is 0 Å². The number of aryl methyl sites for hydroxylation is 1. The molecule has 0 N–H and O–H groups in total. The van der Waals surface area contributed by atoms with Crippen molar-refractivity contribution < 1.29 is 9.13 Å². The summed E-state index contributed by atoms with van der Waals surface area (Å²) in [5.74, 6) is 0.362. The highest BCUT2D eigenvalue weighted by atomic mass is 32.2. The third-order valence-corrected chi connectivity index (χ3v) is 4.12. The molecule has 0 saturated carbocycles. The number of non-ortho nitro benzene ring substituents is 1. The Balaban J connectivity index is 2.10. The summed E-state index contributed by atoms with van der Waals surface area (Å²) in [5.41, 5.74) is 1.99. The zero-order valence-corrected chi connectivity index (χ0v) is 11.2. The Bertz CT molecular complexity index is 606. The molecule has 0 aliphatic rings. The van der Waals surface area contributed by atoms with Crippen molar-refractivity contribution in [3.05, 3.63) is 69.8 Å². The molecule has 4 nitrogen and oxygen atoms in total. The Morgan fingerprint density at radius 3 is 2.16 bits per heavy atom. The van der Waals surface area contributed by atoms with E-state index in [-0.39, 0.29) is 5.69 Å². The summed E-state index contributed by atoms with van der Waals surface area (Å²) < 4.78 is 12.1. The highest BCUT2D eigenvalue weighted by Gasteiger charge is 2.08. The maximum absolute atomic E-state index is 12.1. The molecule has 0 aliphatic carbocycles. The van der Waals surface area contributed by atoms with Gasteiger partial charge in [-0.15, -0.1) is 0 Å². The normalized spacial score (nSPS) is 12.1. The summed E-state index contributed by atoms with van der Waals surface area (Å²) in [7, 11) is -1.13. The van der Waals surface area contributed by atoms with Gasteiger partial charge in [-0.3, -0.25) is 14.3 Å². The third-order valence-electron chi connectivity index (χ3n) is 2.73. The van der Waals surface area contributed by atoms with Crippen molar-refractivity contribution in [3.63, 3.8) is 0 Å². The first-order chi connectivity index (χ1) is 9.06. The van der Waals surface area contributed by atoms with Gasteiger partial charge in [0.1, 0.15) is 0 Å². The van der Waals surface area contributed by atoms with E-state index >= 15 is 0 Å². The van der Waals surface area contributed by atoms with Crippen LogP contribution in [0.5, 0.6) is 0 Å². The Hall–Kier alpha value is -2.01. The topological polar surface area (TPSA) is 60.2 Å². The van der Waals surface area contributed by atoms with E-state index in [0.717, 1.165) is 16.0 Å². The van der Waals surface area contributed by atoms with E-state index in [2.05, 4.69) is 0 Å². The molecule has 0 fully saturated rings. The maximum Gasteiger partial charge on any atom is 0.269 e. The molecule has 2 rings (SSSR count). The first-order valence-electron chi connectivity index (χ1n) is 5.74. The molecule has 0 aromatic heterocycles. The quantitative estimate of drug-likeness (QED) is 0.636. The van der Waals surface area contributed by atoms with Crippen LogP contribution in [0, 0.1) is 17.0 Å². The van der Waals surface area contributed by atoms with Gasteiger partial charge in [0.2, 0.25) is 0 Å². The van der Waals surface area contributed by atoms with Crippen LogP contribution in [-0.4, -0.2) is 9.13 Å². The zero-order chi connectivity index (χ0) is 13.8. The summed E-state index contributed by atoms with van der Waals surface area (Å²) in [6.45, 7) is 1.98. The van der Waals surface area contributed by atoms with Crippen molar-refractivity contribution in [2.24, 2.45) is 0 Å². The van der Waals surface area contributed by atoms with E-state index < -0.39 is 15.7 Å². The average Bonchev–Trinajstić information content (AvgIpc) is 2.40. The molecule has 0 saturated heterocycles. The predicted molar refractivity (Wildman–Crippen MR) is 74.4 cm³/mol. The number of hydrogen-bond acceptors (Lipinski definition) is 3. The monoisotopic (exact) mass is 275 g/mol. The standard InChI is InChI=1S/C14H13NO3S/c1-11-2-8-14(9-3-11)19(18)10-12-4-6-13(7-5-12)15(16)17/h2-9H,10H2,1H3. The Morgan fingerprint density at radius 1 is 1.05 bits per heavy atom. The van der Waals surface area contributed by atoms with Crippen LogP contribution in [0.15, 0.2) is 53.4 Å². The molecule has 0 amide bonds. The molecule has 5 heteroatoms. The van der Waals surface area contributed by atoms with Crippen molar-refractivity contribution in [1.29, 1.82) is 0 Å². The van der Waals surface area contributed by atoms with Crippen molar-refractivity contribution in [1.82, 2.24) is 0 Å². The smallest absolute Gasteiger partial charge is 0.258 e. The van der Waals surface area contributed by atoms with Crippen LogP contribution in [-0.2, 0) is 16.6 Å². The van der Waals surface area contributed by atoms with Gasteiger partial charge in [-0.25, -0.2) is 0 Å². The first kappa shape index (κ1) is 13.4. The molecule has 19 heavy (non-hydrogen) atoms. The SMILES string of the molecule is Cc1ccc(S(=O)Cc2ccc([N+](=O)[O-])cc2)cc1. The minimum absolute atomic E-state index is 0.0462. The van der Waals surface area contributed by atoms with E-state index in [1.54, 1.807) is 12.1 Å². The molecule has 2 aromatic carbocycles. The van der Waals surface area contributed by atoms with Gasteiger partial charge in [0.25, 0.3) is 5.69 Å². The summed E-state index contributed by atoms with van der Waals surface area (Å²) >= 11 is 0. The molecular formula is C14H13NO3S. The predicted octanol–water partition coefficient (Wildman–Crippen LogP) is 3.21. The lowest BCUT2D eigenvalue weighted by atomic mass is 10.2. The fraction of sp³-hybridized carbons (Fsp3) is 0.143. The van der Waals surface area contributed by atoms with Gasteiger partial charge < -0.3 is 0 Å². The van der Waals surface area contributed by atoms with Gasteiger partial charge in [0, 0.05) is 17.0 Å². The lowest BCUT2D eigenvalue weighted by molar-refractivity contribution is -0.384. The summed E-state index contributed by atoms with van der Waals surface area (Å²) in [5, 5.41) is 10.5. The molecular weight excluding hydrogens is 262 g/mol. The molecule has 1 atom stereocenters. The van der Waals surface area contributed by atoms with Crippen LogP contribution in [0.2, 0.25) is 0 Å². The highest BCUT2D eigenvalue weighted by molar-refractivity contribution is 7.84. The number of rotatable bonds is 4. The fourth-order valence-corrected chi connectivity index (χ4v) is 2.74. The van der Waals surface area contributed by atoms with E-state index in [9.17, 15) is 14.3 Å². The summed E-state index contributed by atoms with van der Waals surface area (Å²) in [4.78, 5) is 10.9. The highest BCUT2D eigenvalue weighted by Crippen LogP contribution is 2.16. The Labute approximate surface area is 113 Å². The van der Waals surface area contributed by atoms with Gasteiger partial charge in [0.15, 0.2) is 0 Å². The maximum atomic E-state index is 12.1. The van der Waals surface area contributed by atoms with Gasteiger partial charge in [-0.1, -0.05) is 29.8 Å². The molecule has 0 heterocycles. The number of benzene rings is 2. The fourth-order valence-electron chi connectivity index (χ4n) is 1.64. The average molecular weight is 275 g/mol. The lowest BCUT2D eigenvalue weighted by Gasteiger charge is -2.03. The van der Waals surface area contributed by atoms with Gasteiger partial charge in [-0.05, 0) is 24.6 Å². The molecule has 1 unspecified atom stereocenters. The van der Waals surface area contributed by atoms with Crippen LogP contribution in [0.1, 0.15) is 11.1 Å². The van der Waals surface area contributed by atoms with Crippen LogP contribution >= 0.6 is 0 Å². The third kappa shape index (κ3) is 3.48. The largest absolute Gasteiger partial charge is 0.269 e. The number of nitrogens with zero attached hydrogens (tertiary/aromatic N) is 1. The number of nitro groups is 1. The Kier molecular flexibility index (Phi) is 4.06. The first-order valence-corrected chi connectivity index (χ1v) is 7.06. The lowest BCUT2D eigenvalue weighted by Crippen LogP contribution is -1.97. The van der Waals surface area contributed by atoms with E-state index in [1.807, 2.05) is 31.2 Å².